The van der Waals surface area contributed by atoms with Crippen molar-refractivity contribution in [2.24, 2.45) is 0 Å². The van der Waals surface area contributed by atoms with E-state index in [1.807, 2.05) is 0 Å². The van der Waals surface area contributed by atoms with E-state index in [1.165, 1.54) is 31.7 Å². The molecule has 0 aromatic rings. The summed E-state index contributed by atoms with van der Waals surface area (Å²) in [4.78, 5) is 0. The molecule has 2 heterocycles. The maximum absolute atomic E-state index is 3.42. The summed E-state index contributed by atoms with van der Waals surface area (Å²) in [5.41, 5.74) is 0. The molecule has 0 saturated carbocycles. The SMILES string of the molecule is CC1CSC2(CCNCC2)S1. The fourth-order valence-electron chi connectivity index (χ4n) is 1.77. The average Bonchev–Trinajstić information content (AvgIpc) is 2.34. The Kier molecular flexibility index (Phi) is 2.40. The topological polar surface area (TPSA) is 12.0 Å². The van der Waals surface area contributed by atoms with Crippen LogP contribution in [0.1, 0.15) is 19.8 Å². The molecule has 1 unspecified atom stereocenters. The van der Waals surface area contributed by atoms with Crippen LogP contribution in [0.2, 0.25) is 0 Å². The van der Waals surface area contributed by atoms with Crippen LogP contribution in [0.3, 0.4) is 0 Å². The van der Waals surface area contributed by atoms with Gasteiger partial charge in [-0.15, -0.1) is 23.5 Å². The Morgan fingerprint density at radius 3 is 2.64 bits per heavy atom. The van der Waals surface area contributed by atoms with E-state index in [0.29, 0.717) is 4.08 Å². The molecular weight excluding hydrogens is 174 g/mol. The van der Waals surface area contributed by atoms with Gasteiger partial charge in [-0.1, -0.05) is 6.92 Å². The Morgan fingerprint density at radius 2 is 2.09 bits per heavy atom. The van der Waals surface area contributed by atoms with Crippen LogP contribution in [0.5, 0.6) is 0 Å². The van der Waals surface area contributed by atoms with Gasteiger partial charge in [-0.05, 0) is 25.9 Å². The summed E-state index contributed by atoms with van der Waals surface area (Å²) in [5.74, 6) is 1.37. The molecule has 2 saturated heterocycles. The highest BCUT2D eigenvalue weighted by Gasteiger charge is 2.39. The van der Waals surface area contributed by atoms with E-state index in [-0.39, 0.29) is 0 Å². The van der Waals surface area contributed by atoms with E-state index in [0.717, 1.165) is 5.25 Å². The Hall–Kier alpha value is 0.660. The Balaban J connectivity index is 1.98. The fourth-order valence-corrected chi connectivity index (χ4v) is 5.42. The zero-order valence-electron chi connectivity index (χ0n) is 6.93. The van der Waals surface area contributed by atoms with E-state index in [9.17, 15) is 0 Å². The molecule has 2 aliphatic rings. The van der Waals surface area contributed by atoms with Gasteiger partial charge in [-0.2, -0.15) is 0 Å². The summed E-state index contributed by atoms with van der Waals surface area (Å²) in [6.07, 6.45) is 2.74. The van der Waals surface area contributed by atoms with Gasteiger partial charge in [0.15, 0.2) is 0 Å². The van der Waals surface area contributed by atoms with E-state index >= 15 is 0 Å². The van der Waals surface area contributed by atoms with E-state index in [2.05, 4.69) is 35.8 Å². The van der Waals surface area contributed by atoms with Crippen LogP contribution in [0.25, 0.3) is 0 Å². The molecule has 2 aliphatic heterocycles. The normalized spacial score (nSPS) is 36.3. The predicted octanol–water partition coefficient (Wildman–Crippen LogP) is 1.93. The number of hydrogen-bond acceptors (Lipinski definition) is 3. The lowest BCUT2D eigenvalue weighted by Crippen LogP contribution is -2.35. The lowest BCUT2D eigenvalue weighted by molar-refractivity contribution is 0.509. The van der Waals surface area contributed by atoms with Crippen molar-refractivity contribution < 1.29 is 0 Å². The van der Waals surface area contributed by atoms with Crippen molar-refractivity contribution in [2.45, 2.75) is 29.1 Å². The largest absolute Gasteiger partial charge is 0.317 e. The molecule has 11 heavy (non-hydrogen) atoms. The van der Waals surface area contributed by atoms with Crippen molar-refractivity contribution in [3.63, 3.8) is 0 Å². The summed E-state index contributed by atoms with van der Waals surface area (Å²) in [5, 5.41) is 4.31. The first-order chi connectivity index (χ1) is 5.31. The highest BCUT2D eigenvalue weighted by molar-refractivity contribution is 8.21. The molecule has 1 atom stereocenters. The molecule has 2 rings (SSSR count). The molecule has 2 fully saturated rings. The van der Waals surface area contributed by atoms with Gasteiger partial charge >= 0.3 is 0 Å². The minimum Gasteiger partial charge on any atom is -0.317 e. The number of nitrogens with one attached hydrogen (secondary N) is 1. The van der Waals surface area contributed by atoms with Crippen LogP contribution in [0.4, 0.5) is 0 Å². The first-order valence-corrected chi connectivity index (χ1v) is 6.20. The summed E-state index contributed by atoms with van der Waals surface area (Å²) in [7, 11) is 0. The van der Waals surface area contributed by atoms with Crippen LogP contribution >= 0.6 is 23.5 Å². The van der Waals surface area contributed by atoms with Crippen molar-refractivity contribution in [2.75, 3.05) is 18.8 Å². The quantitative estimate of drug-likeness (QED) is 0.625. The minimum absolute atomic E-state index is 0.616. The first kappa shape index (κ1) is 8.27. The van der Waals surface area contributed by atoms with Gasteiger partial charge < -0.3 is 5.32 Å². The Labute approximate surface area is 77.1 Å². The summed E-state index contributed by atoms with van der Waals surface area (Å²) in [6, 6.07) is 0. The molecule has 0 aromatic carbocycles. The van der Waals surface area contributed by atoms with Crippen molar-refractivity contribution in [3.8, 4) is 0 Å². The highest BCUT2D eigenvalue weighted by Crippen LogP contribution is 2.52. The van der Waals surface area contributed by atoms with Gasteiger partial charge in [0, 0.05) is 11.0 Å². The molecule has 0 bridgehead atoms. The second-order valence-electron chi connectivity index (χ2n) is 3.40. The first-order valence-electron chi connectivity index (χ1n) is 4.33. The summed E-state index contributed by atoms with van der Waals surface area (Å²) in [6.45, 7) is 4.81. The lowest BCUT2D eigenvalue weighted by Gasteiger charge is -2.32. The third-order valence-corrected chi connectivity index (χ3v) is 6.22. The zero-order chi connectivity index (χ0) is 7.73. The van der Waals surface area contributed by atoms with Crippen molar-refractivity contribution in [1.82, 2.24) is 5.32 Å². The summed E-state index contributed by atoms with van der Waals surface area (Å²) < 4.78 is 0.616. The average molecular weight is 189 g/mol. The van der Waals surface area contributed by atoms with Gasteiger partial charge in [0.2, 0.25) is 0 Å². The lowest BCUT2D eigenvalue weighted by atomic mass is 10.1. The standard InChI is InChI=1S/C8H15NS2/c1-7-6-10-8(11-7)2-4-9-5-3-8/h7,9H,2-6H2,1H3. The third-order valence-electron chi connectivity index (χ3n) is 2.36. The van der Waals surface area contributed by atoms with Crippen LogP contribution in [-0.2, 0) is 0 Å². The Bertz CT molecular complexity index is 138. The second kappa shape index (κ2) is 3.19. The van der Waals surface area contributed by atoms with E-state index in [1.54, 1.807) is 0 Å². The molecule has 0 amide bonds. The number of piperidine rings is 1. The maximum atomic E-state index is 3.42. The number of rotatable bonds is 0. The minimum atomic E-state index is 0.616. The van der Waals surface area contributed by atoms with Crippen molar-refractivity contribution >= 4 is 23.5 Å². The summed E-state index contributed by atoms with van der Waals surface area (Å²) >= 11 is 4.41. The molecule has 0 radical (unpaired) electrons. The number of hydrogen-bond donors (Lipinski definition) is 1. The van der Waals surface area contributed by atoms with Gasteiger partial charge in [0.05, 0.1) is 4.08 Å². The van der Waals surface area contributed by atoms with E-state index in [4.69, 9.17) is 0 Å². The predicted molar refractivity (Wildman–Crippen MR) is 54.3 cm³/mol. The molecule has 0 aliphatic carbocycles. The second-order valence-corrected chi connectivity index (χ2v) is 6.88. The fraction of sp³-hybridized carbons (Fsp3) is 1.00. The molecular formula is C8H15NS2. The van der Waals surface area contributed by atoms with Crippen LogP contribution in [0.15, 0.2) is 0 Å². The Morgan fingerprint density at radius 1 is 1.36 bits per heavy atom. The maximum Gasteiger partial charge on any atom is 0.0638 e. The zero-order valence-corrected chi connectivity index (χ0v) is 8.56. The molecule has 1 nitrogen and oxygen atoms in total. The molecule has 1 spiro atoms. The van der Waals surface area contributed by atoms with Gasteiger partial charge in [0.25, 0.3) is 0 Å². The number of thioether (sulfide) groups is 2. The van der Waals surface area contributed by atoms with Crippen LogP contribution < -0.4 is 5.32 Å². The third kappa shape index (κ3) is 1.70. The molecule has 64 valence electrons. The van der Waals surface area contributed by atoms with Crippen LogP contribution in [0, 0.1) is 0 Å². The van der Waals surface area contributed by atoms with E-state index < -0.39 is 0 Å². The molecule has 3 heteroatoms. The van der Waals surface area contributed by atoms with Gasteiger partial charge in [0.1, 0.15) is 0 Å². The monoisotopic (exact) mass is 189 g/mol. The van der Waals surface area contributed by atoms with Gasteiger partial charge in [-0.25, -0.2) is 0 Å². The van der Waals surface area contributed by atoms with Crippen LogP contribution in [-0.4, -0.2) is 28.2 Å². The smallest absolute Gasteiger partial charge is 0.0638 e. The van der Waals surface area contributed by atoms with Crippen molar-refractivity contribution in [3.05, 3.63) is 0 Å². The molecule has 1 N–H and O–H groups in total. The molecule has 0 aromatic heterocycles. The van der Waals surface area contributed by atoms with Gasteiger partial charge in [-0.3, -0.25) is 0 Å². The van der Waals surface area contributed by atoms with Crippen molar-refractivity contribution in [1.29, 1.82) is 0 Å². The highest BCUT2D eigenvalue weighted by atomic mass is 32.2.